The molecule has 27 heavy (non-hydrogen) atoms. The Morgan fingerprint density at radius 2 is 2.22 bits per heavy atom. The predicted molar refractivity (Wildman–Crippen MR) is 102 cm³/mol. The van der Waals surface area contributed by atoms with Gasteiger partial charge in [0.05, 0.1) is 19.4 Å². The van der Waals surface area contributed by atoms with E-state index >= 15 is 0 Å². The van der Waals surface area contributed by atoms with E-state index in [2.05, 4.69) is 15.3 Å². The summed E-state index contributed by atoms with van der Waals surface area (Å²) in [5.41, 5.74) is 0.636. The quantitative estimate of drug-likeness (QED) is 0.654. The molecular weight excluding hydrogens is 368 g/mol. The average Bonchev–Trinajstić information content (AvgIpc) is 3.28. The number of benzene rings is 1. The topological polar surface area (TPSA) is 80.5 Å². The fourth-order valence-corrected chi connectivity index (χ4v) is 3.38. The third-order valence-electron chi connectivity index (χ3n) is 4.57. The van der Waals surface area contributed by atoms with E-state index in [1.54, 1.807) is 11.2 Å². The Morgan fingerprint density at radius 3 is 2.96 bits per heavy atom. The molecular formula is C19H19ClN4O3. The van der Waals surface area contributed by atoms with Crippen molar-refractivity contribution in [1.82, 2.24) is 14.9 Å². The van der Waals surface area contributed by atoms with Crippen LogP contribution in [0.3, 0.4) is 0 Å². The number of hydrogen-bond acceptors (Lipinski definition) is 6. The van der Waals surface area contributed by atoms with Crippen LogP contribution in [0.5, 0.6) is 5.75 Å². The molecule has 1 saturated heterocycles. The summed E-state index contributed by atoms with van der Waals surface area (Å²) in [5.74, 6) is 2.35. The van der Waals surface area contributed by atoms with Gasteiger partial charge in [0.1, 0.15) is 22.8 Å². The first-order valence-corrected chi connectivity index (χ1v) is 9.07. The number of rotatable bonds is 6. The van der Waals surface area contributed by atoms with Gasteiger partial charge in [-0.15, -0.1) is 0 Å². The number of nitrogens with one attached hydrogen (secondary N) is 1. The van der Waals surface area contributed by atoms with E-state index in [4.69, 9.17) is 20.8 Å². The number of nitrogens with zero attached hydrogens (tertiary/aromatic N) is 3. The minimum Gasteiger partial charge on any atom is -0.491 e. The minimum absolute atomic E-state index is 0.135. The molecule has 1 aliphatic rings. The summed E-state index contributed by atoms with van der Waals surface area (Å²) in [6, 6.07) is 9.36. The monoisotopic (exact) mass is 386 g/mol. The second-order valence-electron chi connectivity index (χ2n) is 6.58. The highest BCUT2D eigenvalue weighted by Crippen LogP contribution is 2.30. The number of amides is 1. The van der Waals surface area contributed by atoms with Gasteiger partial charge in [0.15, 0.2) is 0 Å². The van der Waals surface area contributed by atoms with Gasteiger partial charge in [-0.05, 0) is 35.9 Å². The first-order valence-electron chi connectivity index (χ1n) is 8.69. The van der Waals surface area contributed by atoms with Gasteiger partial charge in [-0.3, -0.25) is 4.79 Å². The predicted octanol–water partition coefficient (Wildman–Crippen LogP) is 3.35. The van der Waals surface area contributed by atoms with Gasteiger partial charge in [-0.1, -0.05) is 6.07 Å². The maximum Gasteiger partial charge on any atom is 0.225 e. The summed E-state index contributed by atoms with van der Waals surface area (Å²) in [4.78, 5) is 22.1. The van der Waals surface area contributed by atoms with Gasteiger partial charge in [0, 0.05) is 31.3 Å². The van der Waals surface area contributed by atoms with Crippen LogP contribution in [-0.4, -0.2) is 41.0 Å². The number of aromatic nitrogens is 2. The van der Waals surface area contributed by atoms with Crippen LogP contribution in [0, 0.1) is 5.92 Å². The molecule has 0 aliphatic carbocycles. The molecule has 0 radical (unpaired) electrons. The SMILES string of the molecule is CN1CC(COc2cccc3c(NCc4ccco4)nc(Cl)nc23)CC1=O. The molecule has 1 atom stereocenters. The second kappa shape index (κ2) is 7.44. The number of ether oxygens (including phenoxy) is 1. The van der Waals surface area contributed by atoms with Crippen LogP contribution in [0.25, 0.3) is 10.9 Å². The molecule has 4 rings (SSSR count). The van der Waals surface area contributed by atoms with Gasteiger partial charge in [0.2, 0.25) is 11.2 Å². The Morgan fingerprint density at radius 1 is 1.33 bits per heavy atom. The largest absolute Gasteiger partial charge is 0.491 e. The zero-order chi connectivity index (χ0) is 18.8. The third kappa shape index (κ3) is 3.83. The molecule has 1 unspecified atom stereocenters. The first-order chi connectivity index (χ1) is 13.1. The molecule has 3 aromatic rings. The smallest absolute Gasteiger partial charge is 0.225 e. The van der Waals surface area contributed by atoms with Crippen molar-refractivity contribution in [3.8, 4) is 5.75 Å². The van der Waals surface area contributed by atoms with E-state index in [1.807, 2.05) is 37.4 Å². The number of fused-ring (bicyclic) bond motifs is 1. The fourth-order valence-electron chi connectivity index (χ4n) is 3.21. The van der Waals surface area contributed by atoms with Crippen molar-refractivity contribution in [2.24, 2.45) is 5.92 Å². The van der Waals surface area contributed by atoms with Crippen LogP contribution < -0.4 is 10.1 Å². The normalized spacial score (nSPS) is 16.9. The number of halogens is 1. The molecule has 0 saturated carbocycles. The summed E-state index contributed by atoms with van der Waals surface area (Å²) in [7, 11) is 1.81. The average molecular weight is 387 g/mol. The van der Waals surface area contributed by atoms with Gasteiger partial charge < -0.3 is 19.4 Å². The molecule has 140 valence electrons. The highest BCUT2D eigenvalue weighted by molar-refractivity contribution is 6.29. The lowest BCUT2D eigenvalue weighted by molar-refractivity contribution is -0.126. The molecule has 0 bridgehead atoms. The van der Waals surface area contributed by atoms with Crippen molar-refractivity contribution in [3.63, 3.8) is 0 Å². The second-order valence-corrected chi connectivity index (χ2v) is 6.92. The van der Waals surface area contributed by atoms with Crippen molar-refractivity contribution < 1.29 is 13.9 Å². The number of para-hydroxylation sites is 1. The van der Waals surface area contributed by atoms with Crippen molar-refractivity contribution in [2.45, 2.75) is 13.0 Å². The summed E-state index contributed by atoms with van der Waals surface area (Å²) in [6.07, 6.45) is 2.13. The Kier molecular flexibility index (Phi) is 4.85. The van der Waals surface area contributed by atoms with Gasteiger partial charge in [-0.25, -0.2) is 9.97 Å². The standard InChI is InChI=1S/C19H19ClN4O3/c1-24-10-12(8-16(24)25)11-27-15-6-2-5-14-17(15)22-19(20)23-18(14)21-9-13-4-3-7-26-13/h2-7,12H,8-11H2,1H3,(H,21,22,23). The van der Waals surface area contributed by atoms with E-state index in [0.717, 1.165) is 11.1 Å². The summed E-state index contributed by atoms with van der Waals surface area (Å²) < 4.78 is 11.3. The molecule has 1 aromatic carbocycles. The van der Waals surface area contributed by atoms with E-state index in [9.17, 15) is 4.79 Å². The molecule has 7 nitrogen and oxygen atoms in total. The van der Waals surface area contributed by atoms with Crippen LogP contribution in [0.2, 0.25) is 5.28 Å². The first kappa shape index (κ1) is 17.6. The van der Waals surface area contributed by atoms with Crippen LogP contribution >= 0.6 is 11.6 Å². The highest BCUT2D eigenvalue weighted by Gasteiger charge is 2.27. The summed E-state index contributed by atoms with van der Waals surface area (Å²) in [5, 5.41) is 4.17. The van der Waals surface area contributed by atoms with Crippen molar-refractivity contribution in [3.05, 3.63) is 47.6 Å². The Labute approximate surface area is 161 Å². The van der Waals surface area contributed by atoms with Crippen LogP contribution in [-0.2, 0) is 11.3 Å². The molecule has 2 aromatic heterocycles. The number of carbonyl (C=O) groups excluding carboxylic acids is 1. The van der Waals surface area contributed by atoms with E-state index in [-0.39, 0.29) is 17.1 Å². The zero-order valence-corrected chi connectivity index (χ0v) is 15.6. The zero-order valence-electron chi connectivity index (χ0n) is 14.8. The Balaban J connectivity index is 1.56. The number of anilines is 1. The van der Waals surface area contributed by atoms with Crippen LogP contribution in [0.1, 0.15) is 12.2 Å². The molecule has 1 N–H and O–H groups in total. The Hall–Kier alpha value is -2.80. The van der Waals surface area contributed by atoms with Crippen molar-refractivity contribution >= 4 is 34.2 Å². The maximum atomic E-state index is 11.7. The number of hydrogen-bond donors (Lipinski definition) is 1. The van der Waals surface area contributed by atoms with Gasteiger partial charge in [0.25, 0.3) is 0 Å². The van der Waals surface area contributed by atoms with Crippen LogP contribution in [0.4, 0.5) is 5.82 Å². The third-order valence-corrected chi connectivity index (χ3v) is 4.74. The lowest BCUT2D eigenvalue weighted by atomic mass is 10.1. The maximum absolute atomic E-state index is 11.7. The van der Waals surface area contributed by atoms with E-state index < -0.39 is 0 Å². The summed E-state index contributed by atoms with van der Waals surface area (Å²) >= 11 is 6.13. The highest BCUT2D eigenvalue weighted by atomic mass is 35.5. The van der Waals surface area contributed by atoms with E-state index in [1.165, 1.54) is 0 Å². The van der Waals surface area contributed by atoms with Gasteiger partial charge >= 0.3 is 0 Å². The lowest BCUT2D eigenvalue weighted by Gasteiger charge is -2.14. The minimum atomic E-state index is 0.135. The lowest BCUT2D eigenvalue weighted by Crippen LogP contribution is -2.20. The number of likely N-dealkylation sites (tertiary alicyclic amines) is 1. The van der Waals surface area contributed by atoms with Crippen LogP contribution in [0.15, 0.2) is 41.0 Å². The molecule has 0 spiro atoms. The fraction of sp³-hybridized carbons (Fsp3) is 0.316. The molecule has 1 amide bonds. The Bertz CT molecular complexity index is 961. The van der Waals surface area contributed by atoms with Crippen molar-refractivity contribution in [1.29, 1.82) is 0 Å². The van der Waals surface area contributed by atoms with Crippen molar-refractivity contribution in [2.75, 3.05) is 25.5 Å². The molecule has 1 fully saturated rings. The molecule has 8 heteroatoms. The molecule has 3 heterocycles. The number of carbonyl (C=O) groups is 1. The van der Waals surface area contributed by atoms with E-state index in [0.29, 0.717) is 43.2 Å². The van der Waals surface area contributed by atoms with Gasteiger partial charge in [-0.2, -0.15) is 0 Å². The summed E-state index contributed by atoms with van der Waals surface area (Å²) in [6.45, 7) is 1.64. The number of furan rings is 1. The molecule has 1 aliphatic heterocycles.